The van der Waals surface area contributed by atoms with Crippen LogP contribution in [-0.4, -0.2) is 19.9 Å². The first-order valence-electron chi connectivity index (χ1n) is 5.90. The molecule has 1 aliphatic heterocycles. The van der Waals surface area contributed by atoms with E-state index in [-0.39, 0.29) is 5.41 Å². The molecule has 0 bridgehead atoms. The van der Waals surface area contributed by atoms with Crippen molar-refractivity contribution in [2.75, 3.05) is 19.9 Å². The van der Waals surface area contributed by atoms with Gasteiger partial charge >= 0.3 is 0 Å². The summed E-state index contributed by atoms with van der Waals surface area (Å²) in [6.45, 7) is 7.03. The Hall–Kier alpha value is -1.26. The van der Waals surface area contributed by atoms with Crippen molar-refractivity contribution >= 4 is 0 Å². The van der Waals surface area contributed by atoms with Gasteiger partial charge in [-0.3, -0.25) is 0 Å². The highest BCUT2D eigenvalue weighted by Gasteiger charge is 2.15. The third-order valence-corrected chi connectivity index (χ3v) is 2.92. The Labute approximate surface area is 102 Å². The van der Waals surface area contributed by atoms with Gasteiger partial charge in [-0.25, -0.2) is 0 Å². The van der Waals surface area contributed by atoms with Crippen molar-refractivity contribution in [2.45, 2.75) is 20.4 Å². The lowest BCUT2D eigenvalue weighted by atomic mass is 9.94. The molecule has 3 N–H and O–H groups in total. The molecular formula is C13H20N2O2. The van der Waals surface area contributed by atoms with Gasteiger partial charge in [-0.15, -0.1) is 0 Å². The second kappa shape index (κ2) is 4.94. The van der Waals surface area contributed by atoms with Crippen molar-refractivity contribution in [2.24, 2.45) is 11.1 Å². The van der Waals surface area contributed by atoms with Crippen molar-refractivity contribution in [3.8, 4) is 11.5 Å². The van der Waals surface area contributed by atoms with E-state index in [0.29, 0.717) is 13.3 Å². The summed E-state index contributed by atoms with van der Waals surface area (Å²) >= 11 is 0. The van der Waals surface area contributed by atoms with E-state index in [4.69, 9.17) is 15.2 Å². The second-order valence-electron chi connectivity index (χ2n) is 5.16. The van der Waals surface area contributed by atoms with Gasteiger partial charge in [0.2, 0.25) is 6.79 Å². The molecule has 1 aromatic rings. The van der Waals surface area contributed by atoms with E-state index in [0.717, 1.165) is 24.6 Å². The van der Waals surface area contributed by atoms with Crippen LogP contribution in [0.15, 0.2) is 18.2 Å². The van der Waals surface area contributed by atoms with Crippen LogP contribution in [0, 0.1) is 5.41 Å². The molecule has 4 nitrogen and oxygen atoms in total. The van der Waals surface area contributed by atoms with Crippen molar-refractivity contribution in [1.82, 2.24) is 5.32 Å². The number of benzene rings is 1. The molecule has 4 heteroatoms. The van der Waals surface area contributed by atoms with E-state index >= 15 is 0 Å². The van der Waals surface area contributed by atoms with Gasteiger partial charge in [0.1, 0.15) is 0 Å². The number of hydrogen-bond donors (Lipinski definition) is 2. The molecule has 1 heterocycles. The normalized spacial score (nSPS) is 14.1. The van der Waals surface area contributed by atoms with Crippen LogP contribution in [0.2, 0.25) is 0 Å². The molecule has 1 aromatic carbocycles. The Morgan fingerprint density at radius 2 is 2.06 bits per heavy atom. The molecule has 0 amide bonds. The monoisotopic (exact) mass is 236 g/mol. The Kier molecular flexibility index (Phi) is 3.54. The van der Waals surface area contributed by atoms with Crippen molar-refractivity contribution in [3.05, 3.63) is 23.8 Å². The minimum Gasteiger partial charge on any atom is -0.454 e. The number of ether oxygens (including phenoxy) is 2. The summed E-state index contributed by atoms with van der Waals surface area (Å²) < 4.78 is 10.6. The lowest BCUT2D eigenvalue weighted by molar-refractivity contribution is 0.174. The average Bonchev–Trinajstić information content (AvgIpc) is 2.76. The van der Waals surface area contributed by atoms with Crippen LogP contribution in [0.3, 0.4) is 0 Å². The molecule has 0 radical (unpaired) electrons. The fourth-order valence-electron chi connectivity index (χ4n) is 1.67. The maximum Gasteiger partial charge on any atom is 0.231 e. The van der Waals surface area contributed by atoms with Gasteiger partial charge in [-0.05, 0) is 29.7 Å². The van der Waals surface area contributed by atoms with E-state index in [1.54, 1.807) is 0 Å². The zero-order valence-electron chi connectivity index (χ0n) is 10.5. The summed E-state index contributed by atoms with van der Waals surface area (Å²) in [6, 6.07) is 6.02. The van der Waals surface area contributed by atoms with Crippen LogP contribution in [0.25, 0.3) is 0 Å². The van der Waals surface area contributed by atoms with Crippen LogP contribution >= 0.6 is 0 Å². The highest BCUT2D eigenvalue weighted by atomic mass is 16.7. The average molecular weight is 236 g/mol. The van der Waals surface area contributed by atoms with Crippen molar-refractivity contribution < 1.29 is 9.47 Å². The molecule has 0 atom stereocenters. The summed E-state index contributed by atoms with van der Waals surface area (Å²) in [5.41, 5.74) is 7.01. The molecule has 0 saturated heterocycles. The molecule has 2 rings (SSSR count). The Morgan fingerprint density at radius 3 is 2.82 bits per heavy atom. The lowest BCUT2D eigenvalue weighted by Gasteiger charge is -2.22. The van der Waals surface area contributed by atoms with Crippen molar-refractivity contribution in [3.63, 3.8) is 0 Å². The third-order valence-electron chi connectivity index (χ3n) is 2.92. The highest BCUT2D eigenvalue weighted by molar-refractivity contribution is 5.44. The zero-order valence-corrected chi connectivity index (χ0v) is 10.5. The van der Waals surface area contributed by atoms with Gasteiger partial charge in [-0.1, -0.05) is 19.9 Å². The minimum absolute atomic E-state index is 0.135. The number of nitrogens with one attached hydrogen (secondary N) is 1. The maximum absolute atomic E-state index is 5.68. The summed E-state index contributed by atoms with van der Waals surface area (Å²) in [6.07, 6.45) is 0. The number of nitrogens with two attached hydrogens (primary N) is 1. The smallest absolute Gasteiger partial charge is 0.231 e. The SMILES string of the molecule is CC(C)(CN)CNCc1ccc2c(c1)OCO2. The molecule has 1 aliphatic rings. The van der Waals surface area contributed by atoms with Gasteiger partial charge in [0.25, 0.3) is 0 Å². The topological polar surface area (TPSA) is 56.5 Å². The summed E-state index contributed by atoms with van der Waals surface area (Å²) in [7, 11) is 0. The van der Waals surface area contributed by atoms with E-state index in [9.17, 15) is 0 Å². The molecular weight excluding hydrogens is 216 g/mol. The predicted molar refractivity (Wildman–Crippen MR) is 67.1 cm³/mol. The Balaban J connectivity index is 1.88. The predicted octanol–water partition coefficient (Wildman–Crippen LogP) is 1.49. The molecule has 0 fully saturated rings. The molecule has 0 aromatic heterocycles. The molecule has 94 valence electrons. The van der Waals surface area contributed by atoms with Crippen LogP contribution in [0.1, 0.15) is 19.4 Å². The van der Waals surface area contributed by atoms with Gasteiger partial charge in [0, 0.05) is 13.1 Å². The molecule has 0 unspecified atom stereocenters. The second-order valence-corrected chi connectivity index (χ2v) is 5.16. The number of hydrogen-bond acceptors (Lipinski definition) is 4. The quantitative estimate of drug-likeness (QED) is 0.813. The molecule has 0 aliphatic carbocycles. The molecule has 0 saturated carbocycles. The van der Waals surface area contributed by atoms with Crippen molar-refractivity contribution in [1.29, 1.82) is 0 Å². The van der Waals surface area contributed by atoms with Crippen LogP contribution in [-0.2, 0) is 6.54 Å². The van der Waals surface area contributed by atoms with Gasteiger partial charge < -0.3 is 20.5 Å². The minimum atomic E-state index is 0.135. The standard InChI is InChI=1S/C13H20N2O2/c1-13(2,7-14)8-15-6-10-3-4-11-12(5-10)17-9-16-11/h3-5,15H,6-9,14H2,1-2H3. The zero-order chi connectivity index (χ0) is 12.3. The van der Waals surface area contributed by atoms with E-state index in [1.807, 2.05) is 12.1 Å². The largest absolute Gasteiger partial charge is 0.454 e. The molecule has 17 heavy (non-hydrogen) atoms. The van der Waals surface area contributed by atoms with Crippen LogP contribution < -0.4 is 20.5 Å². The first-order chi connectivity index (χ1) is 8.11. The lowest BCUT2D eigenvalue weighted by Crippen LogP contribution is -2.35. The fourth-order valence-corrected chi connectivity index (χ4v) is 1.67. The Bertz CT molecular complexity index is 391. The summed E-state index contributed by atoms with van der Waals surface area (Å²) in [4.78, 5) is 0. The van der Waals surface area contributed by atoms with Gasteiger partial charge in [0.15, 0.2) is 11.5 Å². The van der Waals surface area contributed by atoms with Gasteiger partial charge in [-0.2, -0.15) is 0 Å². The van der Waals surface area contributed by atoms with Gasteiger partial charge in [0.05, 0.1) is 0 Å². The third kappa shape index (κ3) is 3.11. The first-order valence-corrected chi connectivity index (χ1v) is 5.90. The maximum atomic E-state index is 5.68. The first kappa shape index (κ1) is 12.2. The summed E-state index contributed by atoms with van der Waals surface area (Å²) in [5.74, 6) is 1.67. The molecule has 0 spiro atoms. The Morgan fingerprint density at radius 1 is 1.29 bits per heavy atom. The number of fused-ring (bicyclic) bond motifs is 1. The van der Waals surface area contributed by atoms with E-state index < -0.39 is 0 Å². The van der Waals surface area contributed by atoms with Crippen LogP contribution in [0.5, 0.6) is 11.5 Å². The summed E-state index contributed by atoms with van der Waals surface area (Å²) in [5, 5.41) is 3.41. The highest BCUT2D eigenvalue weighted by Crippen LogP contribution is 2.32. The number of rotatable bonds is 5. The van der Waals surface area contributed by atoms with E-state index in [1.165, 1.54) is 5.56 Å². The fraction of sp³-hybridized carbons (Fsp3) is 0.538. The van der Waals surface area contributed by atoms with E-state index in [2.05, 4.69) is 25.2 Å². The van der Waals surface area contributed by atoms with Crippen LogP contribution in [0.4, 0.5) is 0 Å².